The highest BCUT2D eigenvalue weighted by Crippen LogP contribution is 2.24. The van der Waals surface area contributed by atoms with E-state index in [4.69, 9.17) is 23.2 Å². The van der Waals surface area contributed by atoms with E-state index in [1.807, 2.05) is 26.8 Å². The highest BCUT2D eigenvalue weighted by atomic mass is 35.5. The maximum atomic E-state index is 13.9. The molecule has 5 heteroatoms. The Bertz CT molecular complexity index is 846. The zero-order valence-corrected chi connectivity index (χ0v) is 17.2. The number of Topliss-reactive ketones (excluding diaryl/α,β-unsaturated/α-hetero) is 2. The summed E-state index contributed by atoms with van der Waals surface area (Å²) in [6.07, 6.45) is 0.862. The molecule has 0 bridgehead atoms. The van der Waals surface area contributed by atoms with Crippen LogP contribution in [0.15, 0.2) is 36.4 Å². The Morgan fingerprint density at radius 3 is 2.11 bits per heavy atom. The molecule has 0 aliphatic rings. The molecule has 0 aromatic heterocycles. The Labute approximate surface area is 169 Å². The topological polar surface area (TPSA) is 34.1 Å². The zero-order chi connectivity index (χ0) is 20.1. The summed E-state index contributed by atoms with van der Waals surface area (Å²) >= 11 is 11.9. The van der Waals surface area contributed by atoms with Crippen molar-refractivity contribution in [3.8, 4) is 0 Å². The molecule has 2 aromatic rings. The molecule has 0 aliphatic carbocycles. The standard InChI is InChI=1S/C22H23Cl2FO2/c1-13(2)21(26)12-17-7-16(8-18(25)9-17)6-14(3)22(27)11-15-4-5-19(23)20(24)10-15/h4-5,7-10,13-14H,6,11-12H2,1-3H3. The lowest BCUT2D eigenvalue weighted by atomic mass is 9.91. The summed E-state index contributed by atoms with van der Waals surface area (Å²) in [7, 11) is 0. The second-order valence-electron chi connectivity index (χ2n) is 7.26. The third kappa shape index (κ3) is 6.44. The fourth-order valence-electron chi connectivity index (χ4n) is 2.83. The van der Waals surface area contributed by atoms with E-state index >= 15 is 0 Å². The van der Waals surface area contributed by atoms with Crippen LogP contribution < -0.4 is 0 Å². The van der Waals surface area contributed by atoms with Gasteiger partial charge < -0.3 is 0 Å². The minimum absolute atomic E-state index is 0.0393. The van der Waals surface area contributed by atoms with Gasteiger partial charge >= 0.3 is 0 Å². The molecule has 0 fully saturated rings. The van der Waals surface area contributed by atoms with Crippen molar-refractivity contribution in [1.82, 2.24) is 0 Å². The normalized spacial score (nSPS) is 12.3. The summed E-state index contributed by atoms with van der Waals surface area (Å²) in [4.78, 5) is 24.4. The monoisotopic (exact) mass is 408 g/mol. The first kappa shape index (κ1) is 21.6. The SMILES string of the molecule is CC(C)C(=O)Cc1cc(F)cc(CC(C)C(=O)Cc2ccc(Cl)c(Cl)c2)c1. The molecule has 0 saturated heterocycles. The molecule has 0 heterocycles. The number of carbonyl (C=O) groups is 2. The summed E-state index contributed by atoms with van der Waals surface area (Å²) < 4.78 is 13.9. The first-order chi connectivity index (χ1) is 12.7. The lowest BCUT2D eigenvalue weighted by Gasteiger charge is -2.13. The van der Waals surface area contributed by atoms with Gasteiger partial charge in [0, 0.05) is 24.7 Å². The van der Waals surface area contributed by atoms with Crippen molar-refractivity contribution in [2.24, 2.45) is 11.8 Å². The van der Waals surface area contributed by atoms with Crippen LogP contribution in [0, 0.1) is 17.7 Å². The number of benzene rings is 2. The average Bonchev–Trinajstić information content (AvgIpc) is 2.57. The minimum Gasteiger partial charge on any atom is -0.299 e. The second-order valence-corrected chi connectivity index (χ2v) is 8.08. The molecule has 0 spiro atoms. The molecular weight excluding hydrogens is 386 g/mol. The molecule has 144 valence electrons. The first-order valence-electron chi connectivity index (χ1n) is 8.93. The fraction of sp³-hybridized carbons (Fsp3) is 0.364. The van der Waals surface area contributed by atoms with Crippen molar-refractivity contribution >= 4 is 34.8 Å². The number of rotatable bonds is 8. The van der Waals surface area contributed by atoms with Crippen LogP contribution in [0.5, 0.6) is 0 Å². The molecule has 0 amide bonds. The van der Waals surface area contributed by atoms with Crippen LogP contribution in [-0.2, 0) is 28.9 Å². The van der Waals surface area contributed by atoms with E-state index in [-0.39, 0.29) is 42.1 Å². The molecule has 1 atom stereocenters. The van der Waals surface area contributed by atoms with Gasteiger partial charge in [-0.15, -0.1) is 0 Å². The first-order valence-corrected chi connectivity index (χ1v) is 9.69. The molecule has 2 rings (SSSR count). The predicted octanol–water partition coefficient (Wildman–Crippen LogP) is 5.89. The Morgan fingerprint density at radius 1 is 0.852 bits per heavy atom. The molecule has 0 saturated carbocycles. The third-order valence-corrected chi connectivity index (χ3v) is 5.23. The number of ketones is 2. The molecular formula is C22H23Cl2FO2. The summed E-state index contributed by atoms with van der Waals surface area (Å²) in [5, 5.41) is 0.864. The molecule has 0 radical (unpaired) electrons. The van der Waals surface area contributed by atoms with Gasteiger partial charge in [0.1, 0.15) is 17.4 Å². The molecule has 0 N–H and O–H groups in total. The van der Waals surface area contributed by atoms with Crippen molar-refractivity contribution in [1.29, 1.82) is 0 Å². The lowest BCUT2D eigenvalue weighted by Crippen LogP contribution is -2.16. The lowest BCUT2D eigenvalue weighted by molar-refractivity contribution is -0.122. The van der Waals surface area contributed by atoms with Crippen molar-refractivity contribution in [2.45, 2.75) is 40.0 Å². The van der Waals surface area contributed by atoms with E-state index in [0.29, 0.717) is 22.0 Å². The Morgan fingerprint density at radius 2 is 1.48 bits per heavy atom. The second kappa shape index (κ2) is 9.48. The maximum Gasteiger partial charge on any atom is 0.140 e. The van der Waals surface area contributed by atoms with Gasteiger partial charge in [0.25, 0.3) is 0 Å². The molecule has 2 aromatic carbocycles. The number of carbonyl (C=O) groups excluding carboxylic acids is 2. The van der Waals surface area contributed by atoms with E-state index in [1.54, 1.807) is 18.2 Å². The Hall–Kier alpha value is -1.71. The van der Waals surface area contributed by atoms with Crippen molar-refractivity contribution in [3.63, 3.8) is 0 Å². The average molecular weight is 409 g/mol. The predicted molar refractivity (Wildman–Crippen MR) is 108 cm³/mol. The van der Waals surface area contributed by atoms with Crippen LogP contribution in [0.3, 0.4) is 0 Å². The quantitative estimate of drug-likeness (QED) is 0.545. The van der Waals surface area contributed by atoms with Gasteiger partial charge in [-0.25, -0.2) is 4.39 Å². The summed E-state index contributed by atoms with van der Waals surface area (Å²) in [6.45, 7) is 5.47. The molecule has 0 aliphatic heterocycles. The van der Waals surface area contributed by atoms with Gasteiger partial charge in [0.15, 0.2) is 0 Å². The maximum absolute atomic E-state index is 13.9. The van der Waals surface area contributed by atoms with E-state index in [9.17, 15) is 14.0 Å². The third-order valence-electron chi connectivity index (χ3n) is 4.49. The largest absolute Gasteiger partial charge is 0.299 e. The zero-order valence-electron chi connectivity index (χ0n) is 15.7. The minimum atomic E-state index is -0.386. The van der Waals surface area contributed by atoms with Gasteiger partial charge in [0.2, 0.25) is 0 Å². The number of hydrogen-bond acceptors (Lipinski definition) is 2. The van der Waals surface area contributed by atoms with Crippen LogP contribution in [0.1, 0.15) is 37.5 Å². The summed E-state index contributed by atoms with van der Waals surface area (Å²) in [5.74, 6) is -0.658. The van der Waals surface area contributed by atoms with E-state index in [2.05, 4.69) is 0 Å². The van der Waals surface area contributed by atoms with Gasteiger partial charge in [-0.05, 0) is 47.4 Å². The van der Waals surface area contributed by atoms with Crippen LogP contribution >= 0.6 is 23.2 Å². The van der Waals surface area contributed by atoms with Gasteiger partial charge in [-0.2, -0.15) is 0 Å². The van der Waals surface area contributed by atoms with Crippen molar-refractivity contribution in [3.05, 3.63) is 69.0 Å². The Kier molecular flexibility index (Phi) is 7.58. The highest BCUT2D eigenvalue weighted by molar-refractivity contribution is 6.42. The van der Waals surface area contributed by atoms with E-state index < -0.39 is 0 Å². The Balaban J connectivity index is 2.06. The highest BCUT2D eigenvalue weighted by Gasteiger charge is 2.16. The van der Waals surface area contributed by atoms with Crippen LogP contribution in [0.2, 0.25) is 10.0 Å². The van der Waals surface area contributed by atoms with Crippen LogP contribution in [-0.4, -0.2) is 11.6 Å². The molecule has 2 nitrogen and oxygen atoms in total. The summed E-state index contributed by atoms with van der Waals surface area (Å²) in [6, 6.07) is 9.75. The van der Waals surface area contributed by atoms with Crippen molar-refractivity contribution in [2.75, 3.05) is 0 Å². The summed E-state index contributed by atoms with van der Waals surface area (Å²) in [5.41, 5.74) is 2.16. The van der Waals surface area contributed by atoms with Crippen LogP contribution in [0.4, 0.5) is 4.39 Å². The van der Waals surface area contributed by atoms with E-state index in [0.717, 1.165) is 11.1 Å². The van der Waals surface area contributed by atoms with Gasteiger partial charge in [-0.1, -0.05) is 56.1 Å². The fourth-order valence-corrected chi connectivity index (χ4v) is 3.16. The van der Waals surface area contributed by atoms with E-state index in [1.165, 1.54) is 12.1 Å². The van der Waals surface area contributed by atoms with Crippen LogP contribution in [0.25, 0.3) is 0 Å². The number of hydrogen-bond donors (Lipinski definition) is 0. The van der Waals surface area contributed by atoms with Crippen molar-refractivity contribution < 1.29 is 14.0 Å². The van der Waals surface area contributed by atoms with Gasteiger partial charge in [0.05, 0.1) is 10.0 Å². The van der Waals surface area contributed by atoms with Gasteiger partial charge in [-0.3, -0.25) is 9.59 Å². The molecule has 1 unspecified atom stereocenters. The smallest absolute Gasteiger partial charge is 0.140 e. The molecule has 27 heavy (non-hydrogen) atoms. The number of halogens is 3.